The number of carbonyl (C=O) groups excluding carboxylic acids is 1. The number of benzene rings is 1. The number of piperazine rings is 1. The third-order valence-electron chi connectivity index (χ3n) is 5.23. The summed E-state index contributed by atoms with van der Waals surface area (Å²) in [6, 6.07) is 7.90. The van der Waals surface area contributed by atoms with Crippen LogP contribution in [0.2, 0.25) is 0 Å². The van der Waals surface area contributed by atoms with Crippen LogP contribution >= 0.6 is 0 Å². The zero-order valence-corrected chi connectivity index (χ0v) is 16.3. The number of anilines is 2. The first kappa shape index (κ1) is 19.1. The minimum absolute atomic E-state index is 0.106. The second-order valence-electron chi connectivity index (χ2n) is 7.29. The lowest BCUT2D eigenvalue weighted by atomic mass is 9.98. The number of hydrogen-bond acceptors (Lipinski definition) is 5. The maximum absolute atomic E-state index is 12.5. The molecule has 1 aromatic carbocycles. The lowest BCUT2D eigenvalue weighted by molar-refractivity contribution is -0.120. The fourth-order valence-electron chi connectivity index (χ4n) is 3.52. The molecular formula is C18H28N4O3S. The van der Waals surface area contributed by atoms with Crippen molar-refractivity contribution >= 4 is 27.3 Å². The van der Waals surface area contributed by atoms with Gasteiger partial charge in [-0.15, -0.1) is 0 Å². The molecule has 26 heavy (non-hydrogen) atoms. The van der Waals surface area contributed by atoms with E-state index in [1.165, 1.54) is 10.6 Å². The summed E-state index contributed by atoms with van der Waals surface area (Å²) >= 11 is 0. The number of rotatable bonds is 4. The SMILES string of the molecule is CN1CCN(c2ccc(NC(=O)C3CCCN(S(C)(=O)=O)C3)cc2)CC1. The molecule has 1 amide bonds. The zero-order valence-electron chi connectivity index (χ0n) is 15.5. The number of piperidine rings is 1. The van der Waals surface area contributed by atoms with Crippen molar-refractivity contribution in [3.8, 4) is 0 Å². The van der Waals surface area contributed by atoms with Gasteiger partial charge in [0.2, 0.25) is 15.9 Å². The number of nitrogens with one attached hydrogen (secondary N) is 1. The summed E-state index contributed by atoms with van der Waals surface area (Å²) in [5.74, 6) is -0.401. The van der Waals surface area contributed by atoms with E-state index in [1.54, 1.807) is 0 Å². The number of amides is 1. The average Bonchev–Trinajstić information content (AvgIpc) is 2.62. The first-order chi connectivity index (χ1) is 12.3. The lowest BCUT2D eigenvalue weighted by Crippen LogP contribution is -2.44. The lowest BCUT2D eigenvalue weighted by Gasteiger charge is -2.34. The molecule has 2 fully saturated rings. The van der Waals surface area contributed by atoms with Crippen molar-refractivity contribution in [3.63, 3.8) is 0 Å². The van der Waals surface area contributed by atoms with E-state index in [2.05, 4.69) is 22.2 Å². The van der Waals surface area contributed by atoms with E-state index >= 15 is 0 Å². The highest BCUT2D eigenvalue weighted by molar-refractivity contribution is 7.88. The van der Waals surface area contributed by atoms with Gasteiger partial charge < -0.3 is 15.1 Å². The first-order valence-corrected chi connectivity index (χ1v) is 11.0. The predicted molar refractivity (Wildman–Crippen MR) is 104 cm³/mol. The van der Waals surface area contributed by atoms with E-state index in [0.717, 1.165) is 44.0 Å². The Labute approximate surface area is 156 Å². The van der Waals surface area contributed by atoms with Crippen LogP contribution in [0.15, 0.2) is 24.3 Å². The topological polar surface area (TPSA) is 73.0 Å². The molecule has 1 atom stereocenters. The molecule has 2 heterocycles. The Morgan fingerprint density at radius 2 is 1.73 bits per heavy atom. The van der Waals surface area contributed by atoms with Gasteiger partial charge in [-0.2, -0.15) is 0 Å². The van der Waals surface area contributed by atoms with Crippen molar-refractivity contribution in [2.75, 3.05) is 62.8 Å². The minimum Gasteiger partial charge on any atom is -0.369 e. The fraction of sp³-hybridized carbons (Fsp3) is 0.611. The van der Waals surface area contributed by atoms with E-state index < -0.39 is 10.0 Å². The number of sulfonamides is 1. The molecule has 0 aliphatic carbocycles. The van der Waals surface area contributed by atoms with Crippen molar-refractivity contribution in [3.05, 3.63) is 24.3 Å². The molecule has 1 unspecified atom stereocenters. The summed E-state index contributed by atoms with van der Waals surface area (Å²) in [4.78, 5) is 17.2. The monoisotopic (exact) mass is 380 g/mol. The van der Waals surface area contributed by atoms with Gasteiger partial charge in [0.05, 0.1) is 12.2 Å². The van der Waals surface area contributed by atoms with Gasteiger partial charge in [0.15, 0.2) is 0 Å². The van der Waals surface area contributed by atoms with Gasteiger partial charge in [-0.1, -0.05) is 0 Å². The standard InChI is InChI=1S/C18H28N4O3S/c1-20-10-12-21(13-11-20)17-7-5-16(6-8-17)19-18(23)15-4-3-9-22(14-15)26(2,24)25/h5-8,15H,3-4,9-14H2,1-2H3,(H,19,23). The van der Waals surface area contributed by atoms with E-state index in [9.17, 15) is 13.2 Å². The van der Waals surface area contributed by atoms with Crippen LogP contribution in [-0.4, -0.2) is 76.1 Å². The Morgan fingerprint density at radius 1 is 1.08 bits per heavy atom. The summed E-state index contributed by atoms with van der Waals surface area (Å²) in [5, 5.41) is 2.93. The van der Waals surface area contributed by atoms with Gasteiger partial charge >= 0.3 is 0 Å². The minimum atomic E-state index is -3.24. The molecule has 2 aliphatic rings. The van der Waals surface area contributed by atoms with Crippen molar-refractivity contribution in [1.82, 2.24) is 9.21 Å². The first-order valence-electron chi connectivity index (χ1n) is 9.12. The maximum atomic E-state index is 12.5. The van der Waals surface area contributed by atoms with Crippen LogP contribution in [-0.2, 0) is 14.8 Å². The summed E-state index contributed by atoms with van der Waals surface area (Å²) in [6.07, 6.45) is 2.63. The molecule has 3 rings (SSSR count). The average molecular weight is 381 g/mol. The molecule has 0 saturated carbocycles. The van der Waals surface area contributed by atoms with Crippen LogP contribution in [0.25, 0.3) is 0 Å². The van der Waals surface area contributed by atoms with Crippen molar-refractivity contribution in [2.45, 2.75) is 12.8 Å². The van der Waals surface area contributed by atoms with E-state index in [1.807, 2.05) is 24.3 Å². The zero-order chi connectivity index (χ0) is 18.7. The van der Waals surface area contributed by atoms with Crippen LogP contribution < -0.4 is 10.2 Å². The number of carbonyl (C=O) groups is 1. The molecule has 7 nitrogen and oxygen atoms in total. The smallest absolute Gasteiger partial charge is 0.228 e. The Bertz CT molecular complexity index is 727. The normalized spacial score (nSPS) is 23.0. The Balaban J connectivity index is 1.57. The van der Waals surface area contributed by atoms with E-state index in [4.69, 9.17) is 0 Å². The van der Waals surface area contributed by atoms with Crippen LogP contribution in [0.5, 0.6) is 0 Å². The van der Waals surface area contributed by atoms with Gasteiger partial charge in [-0.25, -0.2) is 12.7 Å². The highest BCUT2D eigenvalue weighted by atomic mass is 32.2. The highest BCUT2D eigenvalue weighted by Crippen LogP contribution is 2.22. The van der Waals surface area contributed by atoms with Crippen LogP contribution in [0.4, 0.5) is 11.4 Å². The van der Waals surface area contributed by atoms with Gasteiger partial charge in [0.25, 0.3) is 0 Å². The summed E-state index contributed by atoms with van der Waals surface area (Å²) in [5.41, 5.74) is 1.92. The Hall–Kier alpha value is -1.64. The summed E-state index contributed by atoms with van der Waals surface area (Å²) < 4.78 is 24.8. The maximum Gasteiger partial charge on any atom is 0.228 e. The van der Waals surface area contributed by atoms with E-state index in [0.29, 0.717) is 13.0 Å². The molecule has 144 valence electrons. The predicted octanol–water partition coefficient (Wildman–Crippen LogP) is 1.05. The molecule has 2 saturated heterocycles. The van der Waals surface area contributed by atoms with E-state index in [-0.39, 0.29) is 18.4 Å². The van der Waals surface area contributed by atoms with Gasteiger partial charge in [0, 0.05) is 50.6 Å². The molecule has 1 N–H and O–H groups in total. The fourth-order valence-corrected chi connectivity index (χ4v) is 4.43. The summed E-state index contributed by atoms with van der Waals surface area (Å²) in [6.45, 7) is 4.89. The Kier molecular flexibility index (Phi) is 5.84. The van der Waals surface area contributed by atoms with Crippen LogP contribution in [0.3, 0.4) is 0 Å². The molecule has 0 aromatic heterocycles. The van der Waals surface area contributed by atoms with Crippen molar-refractivity contribution in [1.29, 1.82) is 0 Å². The second kappa shape index (κ2) is 7.94. The molecule has 2 aliphatic heterocycles. The Morgan fingerprint density at radius 3 is 2.35 bits per heavy atom. The molecule has 8 heteroatoms. The molecule has 0 spiro atoms. The number of likely N-dealkylation sites (N-methyl/N-ethyl adjacent to an activating group) is 1. The van der Waals surface area contributed by atoms with Gasteiger partial charge in [-0.05, 0) is 44.2 Å². The number of nitrogens with zero attached hydrogens (tertiary/aromatic N) is 3. The quantitative estimate of drug-likeness (QED) is 0.845. The molecule has 0 radical (unpaired) electrons. The summed E-state index contributed by atoms with van der Waals surface area (Å²) in [7, 11) is -1.11. The van der Waals surface area contributed by atoms with Crippen molar-refractivity contribution in [2.24, 2.45) is 5.92 Å². The third kappa shape index (κ3) is 4.75. The molecule has 0 bridgehead atoms. The third-order valence-corrected chi connectivity index (χ3v) is 6.50. The van der Waals surface area contributed by atoms with Gasteiger partial charge in [-0.3, -0.25) is 4.79 Å². The largest absolute Gasteiger partial charge is 0.369 e. The van der Waals surface area contributed by atoms with Gasteiger partial charge in [0.1, 0.15) is 0 Å². The number of hydrogen-bond donors (Lipinski definition) is 1. The van der Waals surface area contributed by atoms with Crippen LogP contribution in [0, 0.1) is 5.92 Å². The van der Waals surface area contributed by atoms with Crippen molar-refractivity contribution < 1.29 is 13.2 Å². The molecule has 1 aromatic rings. The van der Waals surface area contributed by atoms with Crippen LogP contribution in [0.1, 0.15) is 12.8 Å². The molecular weight excluding hydrogens is 352 g/mol. The second-order valence-corrected chi connectivity index (χ2v) is 9.27. The highest BCUT2D eigenvalue weighted by Gasteiger charge is 2.30.